The lowest BCUT2D eigenvalue weighted by Crippen LogP contribution is -2.46. The number of halogens is 3. The highest BCUT2D eigenvalue weighted by molar-refractivity contribution is 5.81. The molecular weight excluding hydrogens is 257 g/mol. The average molecular weight is 282 g/mol. The Balaban J connectivity index is 3.85. The number of amides is 1. The van der Waals surface area contributed by atoms with Crippen molar-refractivity contribution in [2.24, 2.45) is 5.92 Å². The molecule has 2 atom stereocenters. The SMILES string of the molecule is CC(C)CNC(=O)C(C)NC(C)CCCC(F)(F)F. The van der Waals surface area contributed by atoms with Crippen molar-refractivity contribution >= 4 is 5.91 Å². The van der Waals surface area contributed by atoms with Crippen molar-refractivity contribution in [2.75, 3.05) is 6.54 Å². The summed E-state index contributed by atoms with van der Waals surface area (Å²) >= 11 is 0. The summed E-state index contributed by atoms with van der Waals surface area (Å²) in [5.74, 6) is 0.261. The summed E-state index contributed by atoms with van der Waals surface area (Å²) in [5, 5.41) is 5.80. The maximum atomic E-state index is 12.0. The van der Waals surface area contributed by atoms with E-state index in [1.165, 1.54) is 0 Å². The number of hydrogen-bond acceptors (Lipinski definition) is 2. The molecule has 0 aromatic carbocycles. The van der Waals surface area contributed by atoms with Gasteiger partial charge in [-0.25, -0.2) is 0 Å². The van der Waals surface area contributed by atoms with E-state index in [9.17, 15) is 18.0 Å². The Bertz CT molecular complexity index is 267. The van der Waals surface area contributed by atoms with Crippen LogP contribution in [-0.4, -0.2) is 30.7 Å². The quantitative estimate of drug-likeness (QED) is 0.719. The molecule has 0 spiro atoms. The summed E-state index contributed by atoms with van der Waals surface area (Å²) in [6.07, 6.45) is -4.38. The zero-order valence-electron chi connectivity index (χ0n) is 12.1. The predicted octanol–water partition coefficient (Wildman–Crippen LogP) is 2.86. The van der Waals surface area contributed by atoms with Crippen molar-refractivity contribution in [1.82, 2.24) is 10.6 Å². The predicted molar refractivity (Wildman–Crippen MR) is 69.8 cm³/mol. The minimum Gasteiger partial charge on any atom is -0.354 e. The summed E-state index contributed by atoms with van der Waals surface area (Å²) in [5.41, 5.74) is 0. The maximum absolute atomic E-state index is 12.0. The first kappa shape index (κ1) is 18.2. The second kappa shape index (κ2) is 8.40. The summed E-state index contributed by atoms with van der Waals surface area (Å²) in [6.45, 7) is 8.11. The molecular formula is C13H25F3N2O. The van der Waals surface area contributed by atoms with Crippen LogP contribution < -0.4 is 10.6 Å². The highest BCUT2D eigenvalue weighted by Crippen LogP contribution is 2.22. The van der Waals surface area contributed by atoms with Gasteiger partial charge in [-0.05, 0) is 32.6 Å². The number of carbonyl (C=O) groups excluding carboxylic acids is 1. The number of carbonyl (C=O) groups is 1. The molecule has 19 heavy (non-hydrogen) atoms. The minimum absolute atomic E-state index is 0.0813. The summed E-state index contributed by atoms with van der Waals surface area (Å²) < 4.78 is 36.0. The van der Waals surface area contributed by atoms with Gasteiger partial charge in [-0.1, -0.05) is 13.8 Å². The van der Waals surface area contributed by atoms with Crippen LogP contribution in [0.3, 0.4) is 0 Å². The largest absolute Gasteiger partial charge is 0.389 e. The molecule has 2 N–H and O–H groups in total. The minimum atomic E-state index is -4.10. The Morgan fingerprint density at radius 3 is 2.21 bits per heavy atom. The molecule has 114 valence electrons. The summed E-state index contributed by atoms with van der Waals surface area (Å²) in [7, 11) is 0. The van der Waals surface area contributed by atoms with Gasteiger partial charge in [0.15, 0.2) is 0 Å². The Hall–Kier alpha value is -0.780. The second-order valence-electron chi connectivity index (χ2n) is 5.44. The topological polar surface area (TPSA) is 41.1 Å². The van der Waals surface area contributed by atoms with Gasteiger partial charge in [0, 0.05) is 19.0 Å². The fraction of sp³-hybridized carbons (Fsp3) is 0.923. The number of rotatable bonds is 8. The lowest BCUT2D eigenvalue weighted by atomic mass is 10.1. The monoisotopic (exact) mass is 282 g/mol. The average Bonchev–Trinajstić information content (AvgIpc) is 2.23. The van der Waals surface area contributed by atoms with Crippen LogP contribution in [0.5, 0.6) is 0 Å². The molecule has 6 heteroatoms. The molecule has 0 aliphatic rings. The normalized spacial score (nSPS) is 15.4. The van der Waals surface area contributed by atoms with E-state index in [2.05, 4.69) is 10.6 Å². The van der Waals surface area contributed by atoms with Gasteiger partial charge in [0.25, 0.3) is 0 Å². The number of hydrogen-bond donors (Lipinski definition) is 2. The molecule has 3 nitrogen and oxygen atoms in total. The first-order valence-electron chi connectivity index (χ1n) is 6.72. The van der Waals surface area contributed by atoms with E-state index in [0.29, 0.717) is 18.9 Å². The third-order valence-corrected chi connectivity index (χ3v) is 2.71. The van der Waals surface area contributed by atoms with Crippen LogP contribution in [0, 0.1) is 5.92 Å². The van der Waals surface area contributed by atoms with Crippen molar-refractivity contribution in [2.45, 2.75) is 65.2 Å². The van der Waals surface area contributed by atoms with Crippen LogP contribution in [0.2, 0.25) is 0 Å². The smallest absolute Gasteiger partial charge is 0.354 e. The molecule has 2 unspecified atom stereocenters. The number of alkyl halides is 3. The van der Waals surface area contributed by atoms with Gasteiger partial charge in [0.1, 0.15) is 0 Å². The van der Waals surface area contributed by atoms with Gasteiger partial charge in [-0.15, -0.1) is 0 Å². The van der Waals surface area contributed by atoms with Crippen LogP contribution in [0.15, 0.2) is 0 Å². The second-order valence-corrected chi connectivity index (χ2v) is 5.44. The molecule has 1 amide bonds. The number of nitrogens with one attached hydrogen (secondary N) is 2. The Labute approximate surface area is 113 Å². The van der Waals surface area contributed by atoms with Crippen molar-refractivity contribution < 1.29 is 18.0 Å². The van der Waals surface area contributed by atoms with E-state index in [1.54, 1.807) is 13.8 Å². The molecule has 0 aromatic heterocycles. The van der Waals surface area contributed by atoms with E-state index >= 15 is 0 Å². The molecule has 0 aromatic rings. The van der Waals surface area contributed by atoms with Crippen LogP contribution in [0.4, 0.5) is 13.2 Å². The van der Waals surface area contributed by atoms with E-state index in [1.807, 2.05) is 13.8 Å². The van der Waals surface area contributed by atoms with Gasteiger partial charge in [0.2, 0.25) is 5.91 Å². The summed E-state index contributed by atoms with van der Waals surface area (Å²) in [6, 6.07) is -0.498. The van der Waals surface area contributed by atoms with Gasteiger partial charge >= 0.3 is 6.18 Å². The van der Waals surface area contributed by atoms with Crippen molar-refractivity contribution in [3.63, 3.8) is 0 Å². The zero-order chi connectivity index (χ0) is 15.1. The Morgan fingerprint density at radius 2 is 1.74 bits per heavy atom. The van der Waals surface area contributed by atoms with Crippen molar-refractivity contribution in [3.8, 4) is 0 Å². The lowest BCUT2D eigenvalue weighted by Gasteiger charge is -2.20. The van der Waals surface area contributed by atoms with E-state index in [0.717, 1.165) is 0 Å². The first-order chi connectivity index (χ1) is 8.61. The van der Waals surface area contributed by atoms with Crippen LogP contribution in [0.1, 0.15) is 47.0 Å². The van der Waals surface area contributed by atoms with E-state index in [-0.39, 0.29) is 24.4 Å². The Morgan fingerprint density at radius 1 is 1.16 bits per heavy atom. The molecule has 0 bridgehead atoms. The molecule has 0 aliphatic carbocycles. The highest BCUT2D eigenvalue weighted by atomic mass is 19.4. The lowest BCUT2D eigenvalue weighted by molar-refractivity contribution is -0.136. The molecule has 0 saturated heterocycles. The molecule has 0 fully saturated rings. The fourth-order valence-electron chi connectivity index (χ4n) is 1.65. The van der Waals surface area contributed by atoms with Gasteiger partial charge in [-0.3, -0.25) is 4.79 Å². The molecule has 0 heterocycles. The van der Waals surface area contributed by atoms with Gasteiger partial charge < -0.3 is 10.6 Å². The Kier molecular flexibility index (Phi) is 8.06. The molecule has 0 saturated carbocycles. The van der Waals surface area contributed by atoms with Crippen LogP contribution in [0.25, 0.3) is 0 Å². The summed E-state index contributed by atoms with van der Waals surface area (Å²) in [4.78, 5) is 11.7. The van der Waals surface area contributed by atoms with Gasteiger partial charge in [-0.2, -0.15) is 13.2 Å². The third-order valence-electron chi connectivity index (χ3n) is 2.71. The van der Waals surface area contributed by atoms with Gasteiger partial charge in [0.05, 0.1) is 6.04 Å². The standard InChI is InChI=1S/C13H25F3N2O/c1-9(2)8-17-12(19)11(4)18-10(3)6-5-7-13(14,15)16/h9-11,18H,5-8H2,1-4H3,(H,17,19). The zero-order valence-corrected chi connectivity index (χ0v) is 12.1. The van der Waals surface area contributed by atoms with E-state index in [4.69, 9.17) is 0 Å². The molecule has 0 aliphatic heterocycles. The maximum Gasteiger partial charge on any atom is 0.389 e. The molecule has 0 radical (unpaired) electrons. The van der Waals surface area contributed by atoms with Crippen molar-refractivity contribution in [3.05, 3.63) is 0 Å². The van der Waals surface area contributed by atoms with E-state index < -0.39 is 12.6 Å². The molecule has 0 rings (SSSR count). The fourth-order valence-corrected chi connectivity index (χ4v) is 1.65. The van der Waals surface area contributed by atoms with Crippen molar-refractivity contribution in [1.29, 1.82) is 0 Å². The first-order valence-corrected chi connectivity index (χ1v) is 6.72. The van der Waals surface area contributed by atoms with Crippen LogP contribution in [-0.2, 0) is 4.79 Å². The highest BCUT2D eigenvalue weighted by Gasteiger charge is 2.26. The third kappa shape index (κ3) is 10.8. The van der Waals surface area contributed by atoms with Crippen LogP contribution >= 0.6 is 0 Å².